The number of ether oxygens (including phenoxy) is 1. The van der Waals surface area contributed by atoms with Gasteiger partial charge in [-0.05, 0) is 0 Å². The average molecular weight is 144 g/mol. The summed E-state index contributed by atoms with van der Waals surface area (Å²) in [5.74, 6) is 0. The molecule has 0 radical (unpaired) electrons. The summed E-state index contributed by atoms with van der Waals surface area (Å²) in [5.41, 5.74) is -0.272. The molecule has 0 aromatic carbocycles. The second-order valence-electron chi connectivity index (χ2n) is 3.35. The minimum atomic E-state index is -0.648. The van der Waals surface area contributed by atoms with Gasteiger partial charge in [-0.2, -0.15) is 0 Å². The highest BCUT2D eigenvalue weighted by molar-refractivity contribution is 5.58. The summed E-state index contributed by atoms with van der Waals surface area (Å²) in [7, 11) is 0. The van der Waals surface area contributed by atoms with Crippen LogP contribution in [-0.4, -0.2) is 30.2 Å². The van der Waals surface area contributed by atoms with E-state index >= 15 is 0 Å². The first-order chi connectivity index (χ1) is 4.58. The van der Waals surface area contributed by atoms with Crippen molar-refractivity contribution in [2.24, 2.45) is 5.41 Å². The number of hydrogen-bond acceptors (Lipinski definition) is 3. The van der Waals surface area contributed by atoms with Crippen LogP contribution >= 0.6 is 0 Å². The normalized spacial score (nSPS) is 37.9. The molecule has 1 aliphatic rings. The van der Waals surface area contributed by atoms with Crippen molar-refractivity contribution in [2.45, 2.75) is 26.1 Å². The molecule has 0 spiro atoms. The minimum absolute atomic E-state index is 0.272. The van der Waals surface area contributed by atoms with Gasteiger partial charge in [-0.1, -0.05) is 13.8 Å². The molecule has 3 nitrogen and oxygen atoms in total. The van der Waals surface area contributed by atoms with Crippen LogP contribution in [0.2, 0.25) is 0 Å². The molecule has 0 saturated carbocycles. The Morgan fingerprint density at radius 3 is 2.50 bits per heavy atom. The molecule has 2 atom stereocenters. The highest BCUT2D eigenvalue weighted by Gasteiger charge is 2.41. The van der Waals surface area contributed by atoms with Crippen LogP contribution < -0.4 is 0 Å². The van der Waals surface area contributed by atoms with Crippen molar-refractivity contribution in [3.63, 3.8) is 0 Å². The Labute approximate surface area is 60.0 Å². The quantitative estimate of drug-likeness (QED) is 0.526. The zero-order valence-corrected chi connectivity index (χ0v) is 6.20. The predicted molar refractivity (Wildman–Crippen MR) is 35.6 cm³/mol. The average Bonchev–Trinajstić information content (AvgIpc) is 2.10. The van der Waals surface area contributed by atoms with E-state index in [1.165, 1.54) is 0 Å². The van der Waals surface area contributed by atoms with E-state index in [1.807, 2.05) is 13.8 Å². The van der Waals surface area contributed by atoms with Crippen LogP contribution in [0.15, 0.2) is 0 Å². The van der Waals surface area contributed by atoms with Crippen LogP contribution in [0.5, 0.6) is 0 Å². The molecule has 1 unspecified atom stereocenters. The Balaban J connectivity index is 2.66. The molecule has 1 saturated heterocycles. The Morgan fingerprint density at radius 1 is 1.70 bits per heavy atom. The monoisotopic (exact) mass is 144 g/mol. The summed E-state index contributed by atoms with van der Waals surface area (Å²) in [5, 5.41) is 9.36. The van der Waals surface area contributed by atoms with E-state index in [-0.39, 0.29) is 5.41 Å². The van der Waals surface area contributed by atoms with Gasteiger partial charge in [0.25, 0.3) is 0 Å². The molecular weight excluding hydrogens is 132 g/mol. The molecule has 1 aliphatic heterocycles. The number of carbonyl (C=O) groups is 1. The third-order valence-electron chi connectivity index (χ3n) is 1.89. The summed E-state index contributed by atoms with van der Waals surface area (Å²) in [6.45, 7) is 4.21. The van der Waals surface area contributed by atoms with Crippen molar-refractivity contribution < 1.29 is 14.6 Å². The maximum atomic E-state index is 10.2. The highest BCUT2D eigenvalue weighted by Crippen LogP contribution is 2.30. The van der Waals surface area contributed by atoms with Gasteiger partial charge in [0.2, 0.25) is 0 Å². The molecule has 3 heteroatoms. The van der Waals surface area contributed by atoms with E-state index in [2.05, 4.69) is 0 Å². The molecule has 58 valence electrons. The SMILES string of the molecule is CC1(C)COC(C=O)[C@@H]1O. The molecule has 1 rings (SSSR count). The molecule has 0 bridgehead atoms. The van der Waals surface area contributed by atoms with Crippen molar-refractivity contribution >= 4 is 6.29 Å². The standard InChI is InChI=1S/C7H12O3/c1-7(2)4-10-5(3-8)6(7)9/h3,5-6,9H,4H2,1-2H3/t5?,6-/m0/s1. The molecule has 0 amide bonds. The van der Waals surface area contributed by atoms with E-state index in [9.17, 15) is 9.90 Å². The lowest BCUT2D eigenvalue weighted by molar-refractivity contribution is -0.119. The summed E-state index contributed by atoms with van der Waals surface area (Å²) >= 11 is 0. The van der Waals surface area contributed by atoms with Crippen molar-refractivity contribution in [3.8, 4) is 0 Å². The Hall–Kier alpha value is -0.410. The second-order valence-corrected chi connectivity index (χ2v) is 3.35. The van der Waals surface area contributed by atoms with E-state index in [0.29, 0.717) is 12.9 Å². The molecule has 1 N–H and O–H groups in total. The number of rotatable bonds is 1. The summed E-state index contributed by atoms with van der Waals surface area (Å²) in [6.07, 6.45) is -0.612. The van der Waals surface area contributed by atoms with Gasteiger partial charge in [0.05, 0.1) is 12.7 Å². The van der Waals surface area contributed by atoms with Gasteiger partial charge < -0.3 is 14.6 Å². The van der Waals surface area contributed by atoms with Crippen LogP contribution in [0.3, 0.4) is 0 Å². The van der Waals surface area contributed by atoms with Gasteiger partial charge in [-0.15, -0.1) is 0 Å². The summed E-state index contributed by atoms with van der Waals surface area (Å²) in [4.78, 5) is 10.2. The van der Waals surface area contributed by atoms with Gasteiger partial charge in [0.15, 0.2) is 6.29 Å². The topological polar surface area (TPSA) is 46.5 Å². The highest BCUT2D eigenvalue weighted by atomic mass is 16.5. The fourth-order valence-electron chi connectivity index (χ4n) is 1.05. The lowest BCUT2D eigenvalue weighted by atomic mass is 9.88. The second kappa shape index (κ2) is 2.32. The van der Waals surface area contributed by atoms with E-state index in [1.54, 1.807) is 0 Å². The third kappa shape index (κ3) is 1.07. The molecule has 0 aromatic rings. The van der Waals surface area contributed by atoms with Crippen LogP contribution in [0.4, 0.5) is 0 Å². The Kier molecular flexibility index (Phi) is 1.79. The molecule has 0 aliphatic carbocycles. The van der Waals surface area contributed by atoms with Crippen LogP contribution in [-0.2, 0) is 9.53 Å². The van der Waals surface area contributed by atoms with Gasteiger partial charge in [0.1, 0.15) is 6.10 Å². The summed E-state index contributed by atoms with van der Waals surface area (Å²) < 4.78 is 5.01. The Bertz CT molecular complexity index is 142. The van der Waals surface area contributed by atoms with E-state index in [0.717, 1.165) is 0 Å². The maximum absolute atomic E-state index is 10.2. The number of aliphatic hydroxyl groups excluding tert-OH is 1. The lowest BCUT2D eigenvalue weighted by Gasteiger charge is -2.19. The number of aldehydes is 1. The first kappa shape index (κ1) is 7.69. The van der Waals surface area contributed by atoms with Crippen molar-refractivity contribution in [2.75, 3.05) is 6.61 Å². The van der Waals surface area contributed by atoms with Gasteiger partial charge in [0, 0.05) is 5.41 Å². The molecule has 1 heterocycles. The largest absolute Gasteiger partial charge is 0.389 e. The number of aliphatic hydroxyl groups is 1. The van der Waals surface area contributed by atoms with Crippen LogP contribution in [0.25, 0.3) is 0 Å². The zero-order valence-electron chi connectivity index (χ0n) is 6.20. The molecule has 10 heavy (non-hydrogen) atoms. The summed E-state index contributed by atoms with van der Waals surface area (Å²) in [6, 6.07) is 0. The van der Waals surface area contributed by atoms with Gasteiger partial charge in [-0.3, -0.25) is 0 Å². The number of hydrogen-bond donors (Lipinski definition) is 1. The van der Waals surface area contributed by atoms with E-state index < -0.39 is 12.2 Å². The Morgan fingerprint density at radius 2 is 2.30 bits per heavy atom. The number of carbonyl (C=O) groups excluding carboxylic acids is 1. The first-order valence-corrected chi connectivity index (χ1v) is 3.33. The lowest BCUT2D eigenvalue weighted by Crippen LogP contribution is -2.32. The molecule has 0 aromatic heterocycles. The molecular formula is C7H12O3. The predicted octanol–water partition coefficient (Wildman–Crippen LogP) is -0.0288. The molecule has 1 fully saturated rings. The van der Waals surface area contributed by atoms with Gasteiger partial charge >= 0.3 is 0 Å². The zero-order chi connectivity index (χ0) is 7.78. The first-order valence-electron chi connectivity index (χ1n) is 3.33. The van der Waals surface area contributed by atoms with Crippen LogP contribution in [0, 0.1) is 5.41 Å². The fraction of sp³-hybridized carbons (Fsp3) is 0.857. The van der Waals surface area contributed by atoms with Crippen molar-refractivity contribution in [1.29, 1.82) is 0 Å². The van der Waals surface area contributed by atoms with E-state index in [4.69, 9.17) is 4.74 Å². The van der Waals surface area contributed by atoms with Crippen molar-refractivity contribution in [1.82, 2.24) is 0 Å². The maximum Gasteiger partial charge on any atom is 0.151 e. The minimum Gasteiger partial charge on any atom is -0.389 e. The smallest absolute Gasteiger partial charge is 0.151 e. The van der Waals surface area contributed by atoms with Gasteiger partial charge in [-0.25, -0.2) is 0 Å². The van der Waals surface area contributed by atoms with Crippen LogP contribution in [0.1, 0.15) is 13.8 Å². The fourth-order valence-corrected chi connectivity index (χ4v) is 1.05. The van der Waals surface area contributed by atoms with Crippen molar-refractivity contribution in [3.05, 3.63) is 0 Å². The third-order valence-corrected chi connectivity index (χ3v) is 1.89.